The molecule has 0 bridgehead atoms. The summed E-state index contributed by atoms with van der Waals surface area (Å²) >= 11 is 0. The summed E-state index contributed by atoms with van der Waals surface area (Å²) in [6.07, 6.45) is 5.18. The fourth-order valence-corrected chi connectivity index (χ4v) is 2.47. The second-order valence-corrected chi connectivity index (χ2v) is 4.51. The third-order valence-corrected chi connectivity index (χ3v) is 3.44. The number of hydrogen-bond acceptors (Lipinski definition) is 2. The SMILES string of the molecule is CNC[C@@H]1CCCC(C)C(CO)C1. The second kappa shape index (κ2) is 5.61. The van der Waals surface area contributed by atoms with E-state index in [2.05, 4.69) is 12.2 Å². The molecular formula is C11H23NO. The first-order valence-electron chi connectivity index (χ1n) is 5.53. The molecule has 2 N–H and O–H groups in total. The van der Waals surface area contributed by atoms with Gasteiger partial charge in [-0.25, -0.2) is 0 Å². The molecule has 1 saturated carbocycles. The lowest BCUT2D eigenvalue weighted by atomic mass is 9.87. The van der Waals surface area contributed by atoms with Crippen LogP contribution in [0, 0.1) is 17.8 Å². The van der Waals surface area contributed by atoms with Crippen LogP contribution < -0.4 is 5.32 Å². The summed E-state index contributed by atoms with van der Waals surface area (Å²) in [6.45, 7) is 3.77. The third-order valence-electron chi connectivity index (χ3n) is 3.44. The summed E-state index contributed by atoms with van der Waals surface area (Å²) in [4.78, 5) is 0. The first-order chi connectivity index (χ1) is 6.27. The zero-order valence-electron chi connectivity index (χ0n) is 8.92. The smallest absolute Gasteiger partial charge is 0.0461 e. The first kappa shape index (κ1) is 11.0. The maximum atomic E-state index is 9.25. The fraction of sp³-hybridized carbons (Fsp3) is 1.00. The molecule has 0 saturated heterocycles. The lowest BCUT2D eigenvalue weighted by molar-refractivity contribution is 0.163. The van der Waals surface area contributed by atoms with Crippen LogP contribution in [0.4, 0.5) is 0 Å². The lowest BCUT2D eigenvalue weighted by Gasteiger charge is -2.21. The number of aliphatic hydroxyl groups excluding tert-OH is 1. The van der Waals surface area contributed by atoms with Gasteiger partial charge in [-0.3, -0.25) is 0 Å². The molecule has 1 aliphatic rings. The standard InChI is InChI=1S/C11H23NO/c1-9-4-3-5-10(7-12-2)6-11(9)8-13/h9-13H,3-8H2,1-2H3/t9?,10-,11?/m1/s1. The molecule has 0 heterocycles. The quantitative estimate of drug-likeness (QED) is 0.655. The molecule has 0 spiro atoms. The third kappa shape index (κ3) is 3.28. The Morgan fingerprint density at radius 1 is 1.38 bits per heavy atom. The molecule has 3 atom stereocenters. The van der Waals surface area contributed by atoms with Crippen LogP contribution >= 0.6 is 0 Å². The summed E-state index contributed by atoms with van der Waals surface area (Å²) in [7, 11) is 2.02. The van der Waals surface area contributed by atoms with Crippen LogP contribution in [-0.2, 0) is 0 Å². The van der Waals surface area contributed by atoms with Crippen molar-refractivity contribution < 1.29 is 5.11 Å². The van der Waals surface area contributed by atoms with Crippen LogP contribution in [0.2, 0.25) is 0 Å². The monoisotopic (exact) mass is 185 g/mol. The van der Waals surface area contributed by atoms with Crippen LogP contribution in [0.5, 0.6) is 0 Å². The maximum Gasteiger partial charge on any atom is 0.0461 e. The fourth-order valence-electron chi connectivity index (χ4n) is 2.47. The van der Waals surface area contributed by atoms with Gasteiger partial charge in [0.1, 0.15) is 0 Å². The van der Waals surface area contributed by atoms with Crippen LogP contribution in [0.25, 0.3) is 0 Å². The van der Waals surface area contributed by atoms with Gasteiger partial charge in [0.15, 0.2) is 0 Å². The van der Waals surface area contributed by atoms with Gasteiger partial charge in [-0.05, 0) is 44.2 Å². The van der Waals surface area contributed by atoms with Crippen molar-refractivity contribution in [3.8, 4) is 0 Å². The predicted octanol–water partition coefficient (Wildman–Crippen LogP) is 1.64. The van der Waals surface area contributed by atoms with Crippen LogP contribution in [0.15, 0.2) is 0 Å². The Morgan fingerprint density at radius 2 is 2.15 bits per heavy atom. The highest BCUT2D eigenvalue weighted by molar-refractivity contribution is 4.76. The molecule has 0 aromatic rings. The van der Waals surface area contributed by atoms with Gasteiger partial charge in [0.25, 0.3) is 0 Å². The average Bonchev–Trinajstić information content (AvgIpc) is 2.29. The van der Waals surface area contributed by atoms with Gasteiger partial charge in [-0.1, -0.05) is 19.8 Å². The molecule has 13 heavy (non-hydrogen) atoms. The Kier molecular flexibility index (Phi) is 4.74. The van der Waals surface area contributed by atoms with Gasteiger partial charge in [-0.15, -0.1) is 0 Å². The minimum absolute atomic E-state index is 0.376. The topological polar surface area (TPSA) is 32.3 Å². The highest BCUT2D eigenvalue weighted by Gasteiger charge is 2.24. The van der Waals surface area contributed by atoms with Crippen molar-refractivity contribution >= 4 is 0 Å². The molecule has 2 heteroatoms. The highest BCUT2D eigenvalue weighted by Crippen LogP contribution is 2.31. The van der Waals surface area contributed by atoms with Crippen molar-refractivity contribution in [2.45, 2.75) is 32.6 Å². The van der Waals surface area contributed by atoms with E-state index < -0.39 is 0 Å². The van der Waals surface area contributed by atoms with E-state index in [9.17, 15) is 5.11 Å². The van der Waals surface area contributed by atoms with E-state index in [1.807, 2.05) is 7.05 Å². The number of aliphatic hydroxyl groups is 1. The van der Waals surface area contributed by atoms with Gasteiger partial charge < -0.3 is 10.4 Å². The summed E-state index contributed by atoms with van der Waals surface area (Å²) in [5.41, 5.74) is 0. The summed E-state index contributed by atoms with van der Waals surface area (Å²) in [6, 6.07) is 0. The highest BCUT2D eigenvalue weighted by atomic mass is 16.3. The molecule has 2 nitrogen and oxygen atoms in total. The lowest BCUT2D eigenvalue weighted by Crippen LogP contribution is -2.23. The summed E-state index contributed by atoms with van der Waals surface area (Å²) in [5, 5.41) is 12.5. The Labute approximate surface area is 81.7 Å². The average molecular weight is 185 g/mol. The van der Waals surface area contributed by atoms with Crippen molar-refractivity contribution in [3.05, 3.63) is 0 Å². The molecule has 1 fully saturated rings. The number of nitrogens with one attached hydrogen (secondary N) is 1. The van der Waals surface area contributed by atoms with Crippen molar-refractivity contribution in [3.63, 3.8) is 0 Å². The minimum atomic E-state index is 0.376. The predicted molar refractivity (Wildman–Crippen MR) is 55.6 cm³/mol. The van der Waals surface area contributed by atoms with Gasteiger partial charge in [-0.2, -0.15) is 0 Å². The van der Waals surface area contributed by atoms with Crippen molar-refractivity contribution in [2.75, 3.05) is 20.2 Å². The van der Waals surface area contributed by atoms with Gasteiger partial charge >= 0.3 is 0 Å². The largest absolute Gasteiger partial charge is 0.396 e. The molecular weight excluding hydrogens is 162 g/mol. The van der Waals surface area contributed by atoms with E-state index in [0.29, 0.717) is 18.4 Å². The normalized spacial score (nSPS) is 35.8. The molecule has 1 aliphatic carbocycles. The summed E-state index contributed by atoms with van der Waals surface area (Å²) in [5.74, 6) is 2.04. The first-order valence-corrected chi connectivity index (χ1v) is 5.53. The van der Waals surface area contributed by atoms with Crippen LogP contribution in [0.1, 0.15) is 32.6 Å². The Hall–Kier alpha value is -0.0800. The van der Waals surface area contributed by atoms with Crippen LogP contribution in [-0.4, -0.2) is 25.3 Å². The van der Waals surface area contributed by atoms with Gasteiger partial charge in [0.2, 0.25) is 0 Å². The zero-order valence-corrected chi connectivity index (χ0v) is 8.92. The second-order valence-electron chi connectivity index (χ2n) is 4.51. The maximum absolute atomic E-state index is 9.25. The van der Waals surface area contributed by atoms with E-state index in [1.165, 1.54) is 25.7 Å². The Balaban J connectivity index is 2.43. The molecule has 0 aromatic heterocycles. The summed E-state index contributed by atoms with van der Waals surface area (Å²) < 4.78 is 0. The molecule has 0 radical (unpaired) electrons. The molecule has 78 valence electrons. The molecule has 0 aromatic carbocycles. The van der Waals surface area contributed by atoms with Gasteiger partial charge in [0.05, 0.1) is 0 Å². The molecule has 2 unspecified atom stereocenters. The van der Waals surface area contributed by atoms with E-state index in [0.717, 1.165) is 12.5 Å². The van der Waals surface area contributed by atoms with Crippen molar-refractivity contribution in [1.29, 1.82) is 0 Å². The molecule has 0 aliphatic heterocycles. The van der Waals surface area contributed by atoms with E-state index in [-0.39, 0.29) is 0 Å². The van der Waals surface area contributed by atoms with E-state index in [1.54, 1.807) is 0 Å². The minimum Gasteiger partial charge on any atom is -0.396 e. The van der Waals surface area contributed by atoms with Crippen molar-refractivity contribution in [2.24, 2.45) is 17.8 Å². The zero-order chi connectivity index (χ0) is 9.68. The number of rotatable bonds is 3. The molecule has 0 amide bonds. The number of hydrogen-bond donors (Lipinski definition) is 2. The van der Waals surface area contributed by atoms with E-state index in [4.69, 9.17) is 0 Å². The van der Waals surface area contributed by atoms with Crippen molar-refractivity contribution in [1.82, 2.24) is 5.32 Å². The Morgan fingerprint density at radius 3 is 2.77 bits per heavy atom. The Bertz CT molecular complexity index is 138. The van der Waals surface area contributed by atoms with Crippen LogP contribution in [0.3, 0.4) is 0 Å². The molecule has 1 rings (SSSR count). The van der Waals surface area contributed by atoms with Gasteiger partial charge in [0, 0.05) is 6.61 Å². The van der Waals surface area contributed by atoms with E-state index >= 15 is 0 Å².